The van der Waals surface area contributed by atoms with Crippen LogP contribution in [0.2, 0.25) is 0 Å². The molecule has 2 heterocycles. The molecule has 1 aromatic heterocycles. The van der Waals surface area contributed by atoms with Crippen LogP contribution in [-0.4, -0.2) is 52.9 Å². The topological polar surface area (TPSA) is 65.9 Å². The number of pyridine rings is 1. The molecule has 0 saturated carbocycles. The zero-order valence-electron chi connectivity index (χ0n) is 17.8. The number of carbonyl (C=O) groups excluding carboxylic acids is 1. The lowest BCUT2D eigenvalue weighted by Gasteiger charge is -2.39. The van der Waals surface area contributed by atoms with E-state index in [0.29, 0.717) is 25.8 Å². The summed E-state index contributed by atoms with van der Waals surface area (Å²) in [5.41, 5.74) is -2.47. The number of hydrogen-bond donors (Lipinski definition) is 1. The largest absolute Gasteiger partial charge is 0.445 e. The average molecular weight is 447 g/mol. The number of aliphatic hydroxyl groups is 1. The van der Waals surface area contributed by atoms with E-state index in [4.69, 9.17) is 4.74 Å². The summed E-state index contributed by atoms with van der Waals surface area (Å²) < 4.78 is 44.6. The first-order chi connectivity index (χ1) is 15.1. The molecular formula is C23H24F3N3O3. The Balaban J connectivity index is 1.69. The first-order valence-electron chi connectivity index (χ1n) is 10.0. The van der Waals surface area contributed by atoms with Crippen molar-refractivity contribution in [2.45, 2.75) is 38.3 Å². The van der Waals surface area contributed by atoms with Crippen LogP contribution in [0.1, 0.15) is 25.0 Å². The van der Waals surface area contributed by atoms with E-state index in [1.54, 1.807) is 11.8 Å². The molecule has 1 aliphatic rings. The normalized spacial score (nSPS) is 18.4. The van der Waals surface area contributed by atoms with Crippen LogP contribution in [0.3, 0.4) is 0 Å². The van der Waals surface area contributed by atoms with Crippen LogP contribution >= 0.6 is 0 Å². The van der Waals surface area contributed by atoms with Gasteiger partial charge in [-0.1, -0.05) is 42.3 Å². The summed E-state index contributed by atoms with van der Waals surface area (Å²) >= 11 is 0. The maximum absolute atomic E-state index is 13.1. The summed E-state index contributed by atoms with van der Waals surface area (Å²) in [6.45, 7) is 3.50. The molecule has 1 unspecified atom stereocenters. The predicted molar refractivity (Wildman–Crippen MR) is 113 cm³/mol. The molecule has 170 valence electrons. The summed E-state index contributed by atoms with van der Waals surface area (Å²) in [4.78, 5) is 20.0. The fraction of sp³-hybridized carbons (Fsp3) is 0.391. The average Bonchev–Trinajstić information content (AvgIpc) is 2.78. The van der Waals surface area contributed by atoms with E-state index in [1.807, 2.05) is 35.2 Å². The van der Waals surface area contributed by atoms with Gasteiger partial charge in [0.15, 0.2) is 5.60 Å². The Morgan fingerprint density at radius 3 is 2.53 bits per heavy atom. The van der Waals surface area contributed by atoms with Gasteiger partial charge < -0.3 is 19.6 Å². The number of benzene rings is 1. The predicted octanol–water partition coefficient (Wildman–Crippen LogP) is 3.70. The standard InChI is InChI=1S/C23H24F3N3O3/c1-3-7-19-15-28(21(30)32-16-17-8-5-4-6-9-17)12-13-29(19)20-11-10-18(14-27-20)22(2,31)23(24,25)26/h4-6,8-11,14,19,31H,12-13,15-16H2,1-2H3/t19-,22?/m0/s1. The highest BCUT2D eigenvalue weighted by molar-refractivity contribution is 5.68. The summed E-state index contributed by atoms with van der Waals surface area (Å²) in [5.74, 6) is 6.25. The molecule has 1 saturated heterocycles. The number of nitrogens with zero attached hydrogens (tertiary/aromatic N) is 3. The fourth-order valence-electron chi connectivity index (χ4n) is 3.33. The van der Waals surface area contributed by atoms with Crippen LogP contribution in [0.15, 0.2) is 48.7 Å². The Morgan fingerprint density at radius 2 is 1.94 bits per heavy atom. The maximum Gasteiger partial charge on any atom is 0.421 e. The first kappa shape index (κ1) is 23.4. The molecule has 32 heavy (non-hydrogen) atoms. The van der Waals surface area contributed by atoms with Gasteiger partial charge in [-0.25, -0.2) is 9.78 Å². The lowest BCUT2D eigenvalue weighted by atomic mass is 9.97. The number of anilines is 1. The third-order valence-electron chi connectivity index (χ3n) is 5.31. The highest BCUT2D eigenvalue weighted by Crippen LogP contribution is 2.38. The van der Waals surface area contributed by atoms with Gasteiger partial charge in [-0.2, -0.15) is 13.2 Å². The molecule has 1 aliphatic heterocycles. The SMILES string of the molecule is CC#C[C@H]1CN(C(=O)OCc2ccccc2)CCN1c1ccc(C(C)(O)C(F)(F)F)cn1. The highest BCUT2D eigenvalue weighted by atomic mass is 19.4. The molecule has 3 rings (SSSR count). The van der Waals surface area contributed by atoms with Crippen molar-refractivity contribution in [3.8, 4) is 11.8 Å². The fourth-order valence-corrected chi connectivity index (χ4v) is 3.33. The van der Waals surface area contributed by atoms with Gasteiger partial charge in [0.05, 0.1) is 6.54 Å². The van der Waals surface area contributed by atoms with E-state index in [2.05, 4.69) is 16.8 Å². The quantitative estimate of drug-likeness (QED) is 0.724. The number of hydrogen-bond acceptors (Lipinski definition) is 5. The molecule has 0 bridgehead atoms. The molecule has 1 amide bonds. The summed E-state index contributed by atoms with van der Waals surface area (Å²) in [5, 5.41) is 9.83. The van der Waals surface area contributed by atoms with E-state index in [9.17, 15) is 23.1 Å². The zero-order chi connectivity index (χ0) is 23.4. The number of piperazine rings is 1. The van der Waals surface area contributed by atoms with E-state index in [0.717, 1.165) is 11.8 Å². The highest BCUT2D eigenvalue weighted by Gasteiger charge is 2.51. The molecule has 0 radical (unpaired) electrons. The number of amides is 1. The lowest BCUT2D eigenvalue weighted by Crippen LogP contribution is -2.54. The molecule has 0 aliphatic carbocycles. The Labute approximate surface area is 184 Å². The summed E-state index contributed by atoms with van der Waals surface area (Å²) in [6.07, 6.45) is -4.27. The molecule has 6 nitrogen and oxygen atoms in total. The van der Waals surface area contributed by atoms with Gasteiger partial charge in [0.1, 0.15) is 18.5 Å². The van der Waals surface area contributed by atoms with Crippen molar-refractivity contribution in [1.82, 2.24) is 9.88 Å². The summed E-state index contributed by atoms with van der Waals surface area (Å²) in [6, 6.07) is 11.5. The molecule has 2 atom stereocenters. The number of halogens is 3. The van der Waals surface area contributed by atoms with Crippen LogP contribution in [0.5, 0.6) is 0 Å². The number of aromatic nitrogens is 1. The van der Waals surface area contributed by atoms with Gasteiger partial charge >= 0.3 is 12.3 Å². The monoisotopic (exact) mass is 447 g/mol. The number of ether oxygens (including phenoxy) is 1. The van der Waals surface area contributed by atoms with Crippen molar-refractivity contribution in [1.29, 1.82) is 0 Å². The number of carbonyl (C=O) groups is 1. The van der Waals surface area contributed by atoms with Crippen molar-refractivity contribution in [3.05, 3.63) is 59.8 Å². The minimum absolute atomic E-state index is 0.159. The Hall–Kier alpha value is -3.25. The molecule has 1 fully saturated rings. The van der Waals surface area contributed by atoms with E-state index < -0.39 is 23.9 Å². The zero-order valence-corrected chi connectivity index (χ0v) is 17.8. The third kappa shape index (κ3) is 5.14. The van der Waals surface area contributed by atoms with Gasteiger partial charge in [-0.15, -0.1) is 5.92 Å². The van der Waals surface area contributed by atoms with Crippen molar-refractivity contribution in [2.75, 3.05) is 24.5 Å². The van der Waals surface area contributed by atoms with Gasteiger partial charge in [0, 0.05) is 24.8 Å². The Kier molecular flexibility index (Phi) is 6.94. The minimum Gasteiger partial charge on any atom is -0.445 e. The molecule has 9 heteroatoms. The second-order valence-electron chi connectivity index (χ2n) is 7.56. The third-order valence-corrected chi connectivity index (χ3v) is 5.31. The minimum atomic E-state index is -4.82. The van der Waals surface area contributed by atoms with Crippen LogP contribution in [-0.2, 0) is 16.9 Å². The van der Waals surface area contributed by atoms with Crippen molar-refractivity contribution < 1.29 is 27.8 Å². The molecule has 2 aromatic rings. The molecular weight excluding hydrogens is 423 g/mol. The molecule has 1 aromatic carbocycles. The second-order valence-corrected chi connectivity index (χ2v) is 7.56. The maximum atomic E-state index is 13.1. The van der Waals surface area contributed by atoms with E-state index in [1.165, 1.54) is 12.1 Å². The molecule has 1 N–H and O–H groups in total. The van der Waals surface area contributed by atoms with Crippen molar-refractivity contribution >= 4 is 11.9 Å². The van der Waals surface area contributed by atoms with Crippen molar-refractivity contribution in [2.24, 2.45) is 0 Å². The number of alkyl halides is 3. The smallest absolute Gasteiger partial charge is 0.421 e. The lowest BCUT2D eigenvalue weighted by molar-refractivity contribution is -0.259. The van der Waals surface area contributed by atoms with Gasteiger partial charge in [-0.3, -0.25) is 0 Å². The van der Waals surface area contributed by atoms with Crippen LogP contribution in [0, 0.1) is 11.8 Å². The second kappa shape index (κ2) is 9.49. The first-order valence-corrected chi connectivity index (χ1v) is 10.0. The Morgan fingerprint density at radius 1 is 1.22 bits per heavy atom. The van der Waals surface area contributed by atoms with Gasteiger partial charge in [-0.05, 0) is 25.5 Å². The Bertz CT molecular complexity index is 983. The van der Waals surface area contributed by atoms with Crippen LogP contribution < -0.4 is 4.90 Å². The summed E-state index contributed by atoms with van der Waals surface area (Å²) in [7, 11) is 0. The van der Waals surface area contributed by atoms with Gasteiger partial charge in [0.2, 0.25) is 0 Å². The van der Waals surface area contributed by atoms with Crippen LogP contribution in [0.25, 0.3) is 0 Å². The van der Waals surface area contributed by atoms with E-state index >= 15 is 0 Å². The van der Waals surface area contributed by atoms with Crippen molar-refractivity contribution in [3.63, 3.8) is 0 Å². The van der Waals surface area contributed by atoms with Gasteiger partial charge in [0.25, 0.3) is 0 Å². The molecule has 0 spiro atoms. The van der Waals surface area contributed by atoms with E-state index in [-0.39, 0.29) is 18.7 Å². The van der Waals surface area contributed by atoms with Crippen LogP contribution in [0.4, 0.5) is 23.8 Å². The number of rotatable bonds is 4.